The molecule has 0 saturated carbocycles. The SMILES string of the molecule is O=C(c1scc2c1CCCC2)N1CCCCC1c1ccccn1. The summed E-state index contributed by atoms with van der Waals surface area (Å²) in [7, 11) is 0. The van der Waals surface area contributed by atoms with E-state index >= 15 is 0 Å². The number of fused-ring (bicyclic) bond motifs is 1. The van der Waals surface area contributed by atoms with Crippen LogP contribution in [0.5, 0.6) is 0 Å². The number of piperidine rings is 1. The highest BCUT2D eigenvalue weighted by atomic mass is 32.1. The van der Waals surface area contributed by atoms with Crippen LogP contribution in [0.4, 0.5) is 0 Å². The van der Waals surface area contributed by atoms with E-state index in [4.69, 9.17) is 0 Å². The van der Waals surface area contributed by atoms with Crippen molar-refractivity contribution in [2.45, 2.75) is 51.0 Å². The number of aryl methyl sites for hydroxylation is 1. The number of aromatic nitrogens is 1. The number of amides is 1. The van der Waals surface area contributed by atoms with Crippen LogP contribution in [0.1, 0.15) is 64.6 Å². The van der Waals surface area contributed by atoms with Gasteiger partial charge in [-0.2, -0.15) is 0 Å². The number of nitrogens with zero attached hydrogens (tertiary/aromatic N) is 2. The molecular weight excluding hydrogens is 304 g/mol. The fourth-order valence-electron chi connectivity index (χ4n) is 3.88. The minimum Gasteiger partial charge on any atom is -0.329 e. The minimum atomic E-state index is 0.138. The molecule has 0 N–H and O–H groups in total. The predicted octanol–water partition coefficient (Wildman–Crippen LogP) is 4.39. The molecule has 0 bridgehead atoms. The van der Waals surface area contributed by atoms with Crippen molar-refractivity contribution in [2.75, 3.05) is 6.54 Å². The van der Waals surface area contributed by atoms with E-state index in [1.807, 2.05) is 18.3 Å². The van der Waals surface area contributed by atoms with E-state index in [0.29, 0.717) is 0 Å². The maximum absolute atomic E-state index is 13.2. The quantitative estimate of drug-likeness (QED) is 0.820. The van der Waals surface area contributed by atoms with E-state index in [1.165, 1.54) is 30.4 Å². The van der Waals surface area contributed by atoms with Crippen LogP contribution in [0.3, 0.4) is 0 Å². The highest BCUT2D eigenvalue weighted by molar-refractivity contribution is 7.12. The van der Waals surface area contributed by atoms with Crippen LogP contribution in [0.2, 0.25) is 0 Å². The maximum atomic E-state index is 13.2. The number of thiophene rings is 1. The summed E-state index contributed by atoms with van der Waals surface area (Å²) in [4.78, 5) is 20.8. The lowest BCUT2D eigenvalue weighted by atomic mass is 9.93. The Kier molecular flexibility index (Phi) is 4.17. The summed E-state index contributed by atoms with van der Waals surface area (Å²) in [6.07, 6.45) is 9.82. The lowest BCUT2D eigenvalue weighted by molar-refractivity contribution is 0.0610. The Labute approximate surface area is 141 Å². The van der Waals surface area contributed by atoms with E-state index in [-0.39, 0.29) is 11.9 Å². The summed E-state index contributed by atoms with van der Waals surface area (Å²) in [6.45, 7) is 0.854. The molecule has 0 radical (unpaired) electrons. The average molecular weight is 326 g/mol. The van der Waals surface area contributed by atoms with Crippen molar-refractivity contribution in [3.8, 4) is 0 Å². The Morgan fingerprint density at radius 1 is 1.17 bits per heavy atom. The molecule has 3 nitrogen and oxygen atoms in total. The molecule has 0 aromatic carbocycles. The van der Waals surface area contributed by atoms with E-state index in [2.05, 4.69) is 21.3 Å². The molecule has 1 unspecified atom stereocenters. The second-order valence-corrected chi connectivity index (χ2v) is 7.42. The summed E-state index contributed by atoms with van der Waals surface area (Å²) >= 11 is 1.65. The number of hydrogen-bond donors (Lipinski definition) is 0. The monoisotopic (exact) mass is 326 g/mol. The van der Waals surface area contributed by atoms with E-state index in [1.54, 1.807) is 11.3 Å². The van der Waals surface area contributed by atoms with Crippen LogP contribution < -0.4 is 0 Å². The lowest BCUT2D eigenvalue weighted by Crippen LogP contribution is -2.39. The maximum Gasteiger partial charge on any atom is 0.264 e. The van der Waals surface area contributed by atoms with Gasteiger partial charge in [-0.15, -0.1) is 11.3 Å². The Bertz CT molecular complexity index is 695. The Hall–Kier alpha value is -1.68. The first-order chi connectivity index (χ1) is 11.3. The van der Waals surface area contributed by atoms with Crippen molar-refractivity contribution in [3.05, 3.63) is 51.5 Å². The normalized spacial score (nSPS) is 21.0. The number of carbonyl (C=O) groups is 1. The first kappa shape index (κ1) is 14.9. The zero-order valence-electron chi connectivity index (χ0n) is 13.3. The van der Waals surface area contributed by atoms with Gasteiger partial charge in [0.05, 0.1) is 16.6 Å². The van der Waals surface area contributed by atoms with E-state index < -0.39 is 0 Å². The van der Waals surface area contributed by atoms with Crippen molar-refractivity contribution in [3.63, 3.8) is 0 Å². The highest BCUT2D eigenvalue weighted by Gasteiger charge is 2.32. The fourth-order valence-corrected chi connectivity index (χ4v) is 5.00. The average Bonchev–Trinajstić information content (AvgIpc) is 3.06. The summed E-state index contributed by atoms with van der Waals surface area (Å²) in [6, 6.07) is 6.15. The van der Waals surface area contributed by atoms with Gasteiger partial charge in [0, 0.05) is 12.7 Å². The second kappa shape index (κ2) is 6.44. The van der Waals surface area contributed by atoms with Gasteiger partial charge in [-0.25, -0.2) is 0 Å². The molecule has 1 saturated heterocycles. The van der Waals surface area contributed by atoms with Gasteiger partial charge in [-0.3, -0.25) is 9.78 Å². The first-order valence-electron chi connectivity index (χ1n) is 8.66. The topological polar surface area (TPSA) is 33.2 Å². The first-order valence-corrected chi connectivity index (χ1v) is 9.53. The van der Waals surface area contributed by atoms with Gasteiger partial charge < -0.3 is 4.90 Å². The smallest absolute Gasteiger partial charge is 0.264 e. The van der Waals surface area contributed by atoms with Gasteiger partial charge in [0.2, 0.25) is 0 Å². The van der Waals surface area contributed by atoms with Crippen LogP contribution in [0, 0.1) is 0 Å². The Balaban J connectivity index is 1.64. The third-order valence-electron chi connectivity index (χ3n) is 5.09. The molecule has 0 spiro atoms. The summed E-state index contributed by atoms with van der Waals surface area (Å²) < 4.78 is 0. The van der Waals surface area contributed by atoms with Crippen molar-refractivity contribution in [1.82, 2.24) is 9.88 Å². The van der Waals surface area contributed by atoms with E-state index in [0.717, 1.165) is 42.8 Å². The van der Waals surface area contributed by atoms with E-state index in [9.17, 15) is 4.79 Å². The third kappa shape index (κ3) is 2.80. The van der Waals surface area contributed by atoms with Gasteiger partial charge in [-0.1, -0.05) is 6.07 Å². The molecule has 23 heavy (non-hydrogen) atoms. The molecule has 2 aliphatic rings. The van der Waals surface area contributed by atoms with Crippen molar-refractivity contribution < 1.29 is 4.79 Å². The van der Waals surface area contributed by atoms with Crippen LogP contribution in [-0.4, -0.2) is 22.3 Å². The van der Waals surface area contributed by atoms with Crippen molar-refractivity contribution >= 4 is 17.2 Å². The van der Waals surface area contributed by atoms with Crippen LogP contribution in [0.25, 0.3) is 0 Å². The van der Waals surface area contributed by atoms with Crippen LogP contribution >= 0.6 is 11.3 Å². The molecule has 1 atom stereocenters. The molecule has 4 heteroatoms. The number of pyridine rings is 1. The zero-order chi connectivity index (χ0) is 15.6. The molecule has 120 valence electrons. The standard InChI is InChI=1S/C19H22N2OS/c22-19(18-15-8-2-1-7-14(15)13-23-18)21-12-6-4-10-17(21)16-9-3-5-11-20-16/h3,5,9,11,13,17H,1-2,4,6-8,10,12H2. The van der Waals surface area contributed by atoms with Crippen molar-refractivity contribution in [2.24, 2.45) is 0 Å². The van der Waals surface area contributed by atoms with Gasteiger partial charge in [-0.05, 0) is 73.6 Å². The summed E-state index contributed by atoms with van der Waals surface area (Å²) in [5.41, 5.74) is 3.78. The molecule has 1 aliphatic heterocycles. The summed E-state index contributed by atoms with van der Waals surface area (Å²) in [5.74, 6) is 0.230. The van der Waals surface area contributed by atoms with Crippen LogP contribution in [0.15, 0.2) is 29.8 Å². The predicted molar refractivity (Wildman–Crippen MR) is 92.8 cm³/mol. The molecular formula is C19H22N2OS. The largest absolute Gasteiger partial charge is 0.329 e. The molecule has 2 aromatic rings. The molecule has 4 rings (SSSR count). The minimum absolute atomic E-state index is 0.138. The van der Waals surface area contributed by atoms with Gasteiger partial charge in [0.25, 0.3) is 5.91 Å². The lowest BCUT2D eigenvalue weighted by Gasteiger charge is -2.35. The summed E-state index contributed by atoms with van der Waals surface area (Å²) in [5, 5.41) is 2.21. The molecule has 1 amide bonds. The number of carbonyl (C=O) groups excluding carboxylic acids is 1. The van der Waals surface area contributed by atoms with Crippen molar-refractivity contribution in [1.29, 1.82) is 0 Å². The zero-order valence-corrected chi connectivity index (χ0v) is 14.1. The Morgan fingerprint density at radius 2 is 2.09 bits per heavy atom. The third-order valence-corrected chi connectivity index (χ3v) is 6.15. The number of likely N-dealkylation sites (tertiary alicyclic amines) is 1. The highest BCUT2D eigenvalue weighted by Crippen LogP contribution is 2.35. The Morgan fingerprint density at radius 3 is 2.96 bits per heavy atom. The fraction of sp³-hybridized carbons (Fsp3) is 0.474. The molecule has 3 heterocycles. The molecule has 1 aliphatic carbocycles. The second-order valence-electron chi connectivity index (χ2n) is 6.54. The van der Waals surface area contributed by atoms with Gasteiger partial charge in [0.1, 0.15) is 0 Å². The van der Waals surface area contributed by atoms with Gasteiger partial charge >= 0.3 is 0 Å². The molecule has 1 fully saturated rings. The number of hydrogen-bond acceptors (Lipinski definition) is 3. The number of rotatable bonds is 2. The van der Waals surface area contributed by atoms with Gasteiger partial charge in [0.15, 0.2) is 0 Å². The van der Waals surface area contributed by atoms with Crippen LogP contribution in [-0.2, 0) is 12.8 Å². The molecule has 2 aromatic heterocycles.